The number of aromatic nitrogens is 1. The summed E-state index contributed by atoms with van der Waals surface area (Å²) in [6, 6.07) is 3.85. The highest BCUT2D eigenvalue weighted by atomic mass is 16.5. The van der Waals surface area contributed by atoms with Gasteiger partial charge in [-0.2, -0.15) is 0 Å². The van der Waals surface area contributed by atoms with Crippen molar-refractivity contribution >= 4 is 16.9 Å². The van der Waals surface area contributed by atoms with Gasteiger partial charge < -0.3 is 9.63 Å². The maximum Gasteiger partial charge on any atom is 0.309 e. The molecule has 2 rings (SSSR count). The fraction of sp³-hybridized carbons (Fsp3) is 0.273. The van der Waals surface area contributed by atoms with Gasteiger partial charge in [0, 0.05) is 5.39 Å². The number of carboxylic acids is 1. The number of nitrogens with zero attached hydrogens (tertiary/aromatic N) is 1. The Bertz CT molecular complexity index is 528. The second-order valence-corrected chi connectivity index (χ2v) is 3.65. The van der Waals surface area contributed by atoms with Crippen LogP contribution in [0.15, 0.2) is 16.7 Å². The molecule has 0 saturated heterocycles. The van der Waals surface area contributed by atoms with E-state index in [0.717, 1.165) is 16.5 Å². The Labute approximate surface area is 86.5 Å². The third-order valence-corrected chi connectivity index (χ3v) is 2.31. The Hall–Kier alpha value is -1.84. The lowest BCUT2D eigenvalue weighted by Crippen LogP contribution is -2.00. The molecule has 0 atom stereocenters. The number of hydrogen-bond acceptors (Lipinski definition) is 3. The highest BCUT2D eigenvalue weighted by Gasteiger charge is 2.13. The fourth-order valence-corrected chi connectivity index (χ4v) is 1.78. The molecule has 0 saturated carbocycles. The highest BCUT2D eigenvalue weighted by Crippen LogP contribution is 2.24. The van der Waals surface area contributed by atoms with Crippen molar-refractivity contribution in [1.82, 2.24) is 5.16 Å². The van der Waals surface area contributed by atoms with E-state index in [1.54, 1.807) is 0 Å². The monoisotopic (exact) mass is 205 g/mol. The summed E-state index contributed by atoms with van der Waals surface area (Å²) in [5.41, 5.74) is 3.24. The van der Waals surface area contributed by atoms with E-state index < -0.39 is 5.97 Å². The molecule has 15 heavy (non-hydrogen) atoms. The van der Waals surface area contributed by atoms with Crippen LogP contribution < -0.4 is 0 Å². The van der Waals surface area contributed by atoms with Crippen molar-refractivity contribution < 1.29 is 14.4 Å². The van der Waals surface area contributed by atoms with Crippen molar-refractivity contribution in [2.45, 2.75) is 20.3 Å². The van der Waals surface area contributed by atoms with Gasteiger partial charge in [0.15, 0.2) is 5.58 Å². The third kappa shape index (κ3) is 1.70. The third-order valence-electron chi connectivity index (χ3n) is 2.31. The molecule has 0 aliphatic heterocycles. The molecule has 0 bridgehead atoms. The van der Waals surface area contributed by atoms with E-state index in [-0.39, 0.29) is 6.42 Å². The molecule has 1 N–H and O–H groups in total. The zero-order valence-corrected chi connectivity index (χ0v) is 8.57. The van der Waals surface area contributed by atoms with Crippen molar-refractivity contribution in [3.8, 4) is 0 Å². The summed E-state index contributed by atoms with van der Waals surface area (Å²) in [6.45, 7) is 3.89. The molecule has 1 heterocycles. The molecular weight excluding hydrogens is 194 g/mol. The first-order valence-corrected chi connectivity index (χ1v) is 4.65. The SMILES string of the molecule is Cc1cc(C)c2c(CC(=O)O)noc2c1. The van der Waals surface area contributed by atoms with Crippen LogP contribution in [0, 0.1) is 13.8 Å². The van der Waals surface area contributed by atoms with Crippen molar-refractivity contribution in [2.75, 3.05) is 0 Å². The summed E-state index contributed by atoms with van der Waals surface area (Å²) in [5, 5.41) is 13.3. The summed E-state index contributed by atoms with van der Waals surface area (Å²) in [4.78, 5) is 10.6. The van der Waals surface area contributed by atoms with Gasteiger partial charge in [-0.05, 0) is 31.0 Å². The number of hydrogen-bond donors (Lipinski definition) is 1. The van der Waals surface area contributed by atoms with E-state index >= 15 is 0 Å². The molecule has 4 heteroatoms. The summed E-state index contributed by atoms with van der Waals surface area (Å²) in [5.74, 6) is -0.898. The van der Waals surface area contributed by atoms with Gasteiger partial charge in [-0.15, -0.1) is 0 Å². The summed E-state index contributed by atoms with van der Waals surface area (Å²) in [6.07, 6.45) is -0.100. The van der Waals surface area contributed by atoms with Crippen molar-refractivity contribution in [3.63, 3.8) is 0 Å². The predicted molar refractivity (Wildman–Crippen MR) is 54.8 cm³/mol. The minimum absolute atomic E-state index is 0.100. The first-order valence-electron chi connectivity index (χ1n) is 4.65. The van der Waals surface area contributed by atoms with Gasteiger partial charge in [-0.3, -0.25) is 4.79 Å². The number of aryl methyl sites for hydroxylation is 2. The molecule has 1 aromatic heterocycles. The van der Waals surface area contributed by atoms with Gasteiger partial charge in [0.25, 0.3) is 0 Å². The molecule has 0 amide bonds. The lowest BCUT2D eigenvalue weighted by molar-refractivity contribution is -0.136. The van der Waals surface area contributed by atoms with E-state index in [0.29, 0.717) is 11.3 Å². The zero-order valence-electron chi connectivity index (χ0n) is 8.57. The Kier molecular flexibility index (Phi) is 2.19. The van der Waals surface area contributed by atoms with Crippen LogP contribution in [0.3, 0.4) is 0 Å². The first-order chi connectivity index (χ1) is 7.08. The smallest absolute Gasteiger partial charge is 0.309 e. The lowest BCUT2D eigenvalue weighted by atomic mass is 10.1. The molecule has 0 unspecified atom stereocenters. The van der Waals surface area contributed by atoms with Crippen LogP contribution in [-0.4, -0.2) is 16.2 Å². The summed E-state index contributed by atoms with van der Waals surface area (Å²) >= 11 is 0. The predicted octanol–water partition coefficient (Wildman–Crippen LogP) is 2.07. The number of carboxylic acid groups (broad SMARTS) is 1. The zero-order chi connectivity index (χ0) is 11.0. The van der Waals surface area contributed by atoms with Crippen molar-refractivity contribution in [3.05, 3.63) is 29.0 Å². The topological polar surface area (TPSA) is 63.3 Å². The minimum atomic E-state index is -0.898. The number of aliphatic carboxylic acids is 1. The van der Waals surface area contributed by atoms with Gasteiger partial charge in [0.05, 0.1) is 6.42 Å². The van der Waals surface area contributed by atoms with Crippen LogP contribution in [0.1, 0.15) is 16.8 Å². The second-order valence-electron chi connectivity index (χ2n) is 3.65. The normalized spacial score (nSPS) is 10.8. The maximum atomic E-state index is 10.6. The van der Waals surface area contributed by atoms with E-state index in [9.17, 15) is 4.79 Å². The van der Waals surface area contributed by atoms with Gasteiger partial charge in [0.2, 0.25) is 0 Å². The van der Waals surface area contributed by atoms with Gasteiger partial charge in [0.1, 0.15) is 5.69 Å². The van der Waals surface area contributed by atoms with Gasteiger partial charge >= 0.3 is 5.97 Å². The van der Waals surface area contributed by atoms with Gasteiger partial charge in [-0.25, -0.2) is 0 Å². The average Bonchev–Trinajstić information content (AvgIpc) is 2.46. The van der Waals surface area contributed by atoms with Crippen LogP contribution in [0.5, 0.6) is 0 Å². The van der Waals surface area contributed by atoms with Crippen LogP contribution in [0.2, 0.25) is 0 Å². The molecule has 0 radical (unpaired) electrons. The Morgan fingerprint density at radius 1 is 1.47 bits per heavy atom. The first kappa shape index (κ1) is 9.71. The van der Waals surface area contributed by atoms with Crippen molar-refractivity contribution in [1.29, 1.82) is 0 Å². The minimum Gasteiger partial charge on any atom is -0.481 e. The molecule has 0 aliphatic rings. The summed E-state index contributed by atoms with van der Waals surface area (Å²) in [7, 11) is 0. The number of rotatable bonds is 2. The average molecular weight is 205 g/mol. The largest absolute Gasteiger partial charge is 0.481 e. The van der Waals surface area contributed by atoms with E-state index in [1.807, 2.05) is 26.0 Å². The maximum absolute atomic E-state index is 10.6. The van der Waals surface area contributed by atoms with E-state index in [2.05, 4.69) is 5.16 Å². The standard InChI is InChI=1S/C11H11NO3/c1-6-3-7(2)11-8(5-10(13)14)12-15-9(11)4-6/h3-4H,5H2,1-2H3,(H,13,14). The van der Waals surface area contributed by atoms with Crippen LogP contribution in [-0.2, 0) is 11.2 Å². The lowest BCUT2D eigenvalue weighted by Gasteiger charge is -1.98. The quantitative estimate of drug-likeness (QED) is 0.815. The van der Waals surface area contributed by atoms with E-state index in [4.69, 9.17) is 9.63 Å². The molecule has 2 aromatic rings. The molecule has 1 aromatic carbocycles. The van der Waals surface area contributed by atoms with Crippen LogP contribution in [0.25, 0.3) is 11.0 Å². The molecule has 4 nitrogen and oxygen atoms in total. The van der Waals surface area contributed by atoms with E-state index in [1.165, 1.54) is 0 Å². The Balaban J connectivity index is 2.63. The van der Waals surface area contributed by atoms with Crippen molar-refractivity contribution in [2.24, 2.45) is 0 Å². The fourth-order valence-electron chi connectivity index (χ4n) is 1.78. The number of fused-ring (bicyclic) bond motifs is 1. The molecule has 0 fully saturated rings. The number of benzene rings is 1. The molecule has 0 spiro atoms. The molecular formula is C11H11NO3. The molecule has 78 valence electrons. The Morgan fingerprint density at radius 2 is 2.20 bits per heavy atom. The van der Waals surface area contributed by atoms with Gasteiger partial charge in [-0.1, -0.05) is 11.2 Å². The highest BCUT2D eigenvalue weighted by molar-refractivity contribution is 5.86. The second kappa shape index (κ2) is 3.38. The molecule has 0 aliphatic carbocycles. The summed E-state index contributed by atoms with van der Waals surface area (Å²) < 4.78 is 5.10. The van der Waals surface area contributed by atoms with Crippen LogP contribution >= 0.6 is 0 Å². The Morgan fingerprint density at radius 3 is 2.87 bits per heavy atom. The number of carbonyl (C=O) groups is 1. The van der Waals surface area contributed by atoms with Crippen LogP contribution in [0.4, 0.5) is 0 Å².